The Balaban J connectivity index is 1.89. The van der Waals surface area contributed by atoms with E-state index in [4.69, 9.17) is 19.7 Å². The van der Waals surface area contributed by atoms with Crippen LogP contribution in [0.1, 0.15) is 22.3 Å². The molecule has 0 aliphatic heterocycles. The second kappa shape index (κ2) is 9.31. The summed E-state index contributed by atoms with van der Waals surface area (Å²) < 4.78 is 0. The van der Waals surface area contributed by atoms with Crippen molar-refractivity contribution in [3.05, 3.63) is 135 Å². The molecule has 0 radical (unpaired) electrons. The van der Waals surface area contributed by atoms with Gasteiger partial charge in [0.2, 0.25) is 0 Å². The molecule has 0 spiro atoms. The van der Waals surface area contributed by atoms with Crippen LogP contribution in [0.3, 0.4) is 0 Å². The van der Waals surface area contributed by atoms with E-state index in [0.29, 0.717) is 72.6 Å². The van der Waals surface area contributed by atoms with Gasteiger partial charge in [-0.2, -0.15) is 10.5 Å². The van der Waals surface area contributed by atoms with Crippen LogP contribution >= 0.6 is 0 Å². The van der Waals surface area contributed by atoms with Crippen molar-refractivity contribution in [3.8, 4) is 51.6 Å². The van der Waals surface area contributed by atoms with Crippen LogP contribution in [-0.4, -0.2) is 0 Å². The van der Waals surface area contributed by atoms with Crippen LogP contribution in [0.2, 0.25) is 0 Å². The van der Waals surface area contributed by atoms with Gasteiger partial charge < -0.3 is 0 Å². The molecule has 0 bridgehead atoms. The van der Waals surface area contributed by atoms with E-state index < -0.39 is 0 Å². The Bertz CT molecular complexity index is 1840. The molecule has 6 nitrogen and oxygen atoms in total. The Labute approximate surface area is 219 Å². The fourth-order valence-corrected chi connectivity index (χ4v) is 4.82. The van der Waals surface area contributed by atoms with Gasteiger partial charge in [0.05, 0.1) is 49.1 Å². The van der Waals surface area contributed by atoms with Crippen LogP contribution in [0.5, 0.6) is 0 Å². The second-order valence-corrected chi connectivity index (χ2v) is 8.32. The smallest absolute Gasteiger partial charge is 0.238 e. The number of nitrogens with zero attached hydrogens (tertiary/aromatic N) is 6. The van der Waals surface area contributed by atoms with Crippen molar-refractivity contribution in [3.63, 3.8) is 0 Å². The highest BCUT2D eigenvalue weighted by molar-refractivity contribution is 6.08. The largest absolute Gasteiger partial charge is 0.270 e. The summed E-state index contributed by atoms with van der Waals surface area (Å²) in [5.41, 5.74) is 6.24. The maximum atomic E-state index is 10.0. The molecular weight excluding hydrogens is 468 g/mol. The maximum absolute atomic E-state index is 10.0. The first-order valence-corrected chi connectivity index (χ1v) is 11.2. The van der Waals surface area contributed by atoms with Gasteiger partial charge in [-0.05, 0) is 68.8 Å². The number of para-hydroxylation sites is 1. The molecule has 1 aliphatic carbocycles. The standard InChI is InChI=1S/C32H12N6/c1-36-29-11-7-6-10-22(29)23-13-27-24(12-20(23)17-34)25-15-30(37-2)26(21-9-5-4-8-19(21)16-33)14-28(25)32(27)31(18-35)38-3/h4-15H/b32-31-. The molecule has 0 aromatic heterocycles. The molecular formula is C32H12N6. The lowest BCUT2D eigenvalue weighted by molar-refractivity contribution is 1.47. The van der Waals surface area contributed by atoms with Crippen LogP contribution in [0.4, 0.5) is 11.4 Å². The Morgan fingerprint density at radius 2 is 1.16 bits per heavy atom. The van der Waals surface area contributed by atoms with E-state index in [1.54, 1.807) is 72.8 Å². The van der Waals surface area contributed by atoms with Gasteiger partial charge in [0.1, 0.15) is 0 Å². The lowest BCUT2D eigenvalue weighted by Gasteiger charge is -2.11. The Morgan fingerprint density at radius 1 is 0.553 bits per heavy atom. The minimum Gasteiger partial charge on any atom is -0.238 e. The fourth-order valence-electron chi connectivity index (χ4n) is 4.82. The predicted molar refractivity (Wildman–Crippen MR) is 143 cm³/mol. The van der Waals surface area contributed by atoms with Crippen LogP contribution in [0.15, 0.2) is 78.5 Å². The highest BCUT2D eigenvalue weighted by Gasteiger charge is 2.30. The van der Waals surface area contributed by atoms with Crippen LogP contribution < -0.4 is 0 Å². The van der Waals surface area contributed by atoms with Crippen molar-refractivity contribution < 1.29 is 0 Å². The van der Waals surface area contributed by atoms with Crippen molar-refractivity contribution in [2.24, 2.45) is 0 Å². The summed E-state index contributed by atoms with van der Waals surface area (Å²) in [5.74, 6) is 0. The number of nitriles is 3. The number of fused-ring (bicyclic) bond motifs is 3. The van der Waals surface area contributed by atoms with Gasteiger partial charge in [-0.3, -0.25) is 0 Å². The molecule has 0 fully saturated rings. The Morgan fingerprint density at radius 3 is 1.79 bits per heavy atom. The van der Waals surface area contributed by atoms with E-state index in [1.807, 2.05) is 6.07 Å². The first-order chi connectivity index (χ1) is 18.6. The molecule has 0 N–H and O–H groups in total. The highest BCUT2D eigenvalue weighted by Crippen LogP contribution is 2.52. The molecule has 0 amide bonds. The average Bonchev–Trinajstić information content (AvgIpc) is 3.28. The molecule has 170 valence electrons. The monoisotopic (exact) mass is 480 g/mol. The fraction of sp³-hybridized carbons (Fsp3) is 0. The summed E-state index contributed by atoms with van der Waals surface area (Å²) in [6.45, 7) is 23.1. The number of allylic oxidation sites excluding steroid dienone is 1. The number of rotatable bonds is 2. The molecule has 38 heavy (non-hydrogen) atoms. The summed E-state index contributed by atoms with van der Waals surface area (Å²) in [4.78, 5) is 10.8. The molecule has 0 atom stereocenters. The van der Waals surface area contributed by atoms with Gasteiger partial charge in [0.15, 0.2) is 11.4 Å². The topological polar surface area (TPSA) is 84.4 Å². The predicted octanol–water partition coefficient (Wildman–Crippen LogP) is 8.05. The van der Waals surface area contributed by atoms with Crippen molar-refractivity contribution in [1.29, 1.82) is 15.8 Å². The van der Waals surface area contributed by atoms with Gasteiger partial charge in [-0.15, -0.1) is 0 Å². The summed E-state index contributed by atoms with van der Waals surface area (Å²) >= 11 is 0. The van der Waals surface area contributed by atoms with E-state index in [2.05, 4.69) is 26.7 Å². The van der Waals surface area contributed by atoms with Crippen molar-refractivity contribution in [2.45, 2.75) is 0 Å². The van der Waals surface area contributed by atoms with E-state index in [-0.39, 0.29) is 5.70 Å². The van der Waals surface area contributed by atoms with Crippen LogP contribution in [0.25, 0.3) is 53.5 Å². The molecule has 0 saturated carbocycles. The van der Waals surface area contributed by atoms with Gasteiger partial charge in [-0.25, -0.2) is 19.8 Å². The number of hydrogen-bond acceptors (Lipinski definition) is 3. The molecule has 5 rings (SSSR count). The quantitative estimate of drug-likeness (QED) is 0.189. The highest BCUT2D eigenvalue weighted by atomic mass is 14.7. The summed E-state index contributed by atoms with van der Waals surface area (Å²) in [6.07, 6.45) is 0. The third-order valence-electron chi connectivity index (χ3n) is 6.47. The summed E-state index contributed by atoms with van der Waals surface area (Å²) in [5, 5.41) is 29.6. The van der Waals surface area contributed by atoms with E-state index in [1.165, 1.54) is 0 Å². The molecule has 1 aliphatic rings. The first-order valence-electron chi connectivity index (χ1n) is 11.2. The minimum atomic E-state index is -0.130. The third kappa shape index (κ3) is 3.45. The number of hydrogen-bond donors (Lipinski definition) is 0. The van der Waals surface area contributed by atoms with E-state index in [0.717, 1.165) is 0 Å². The summed E-state index contributed by atoms with van der Waals surface area (Å²) in [7, 11) is 0. The number of benzene rings is 4. The minimum absolute atomic E-state index is 0.130. The SMILES string of the molecule is [C-]#[N+]/C(C#N)=C1/c2cc(-c3ccccc3[N+]#[C-])c(C#N)cc2-c2cc([N+]#[C-])c(-c3ccccc3C#N)cc21. The molecule has 4 aromatic rings. The van der Waals surface area contributed by atoms with Crippen molar-refractivity contribution in [1.82, 2.24) is 0 Å². The van der Waals surface area contributed by atoms with E-state index >= 15 is 0 Å². The van der Waals surface area contributed by atoms with Gasteiger partial charge in [0, 0.05) is 5.57 Å². The normalized spacial score (nSPS) is 11.8. The zero-order valence-electron chi connectivity index (χ0n) is 19.6. The summed E-state index contributed by atoms with van der Waals surface area (Å²) in [6, 6.07) is 27.1. The van der Waals surface area contributed by atoms with Gasteiger partial charge in [0.25, 0.3) is 5.70 Å². The van der Waals surface area contributed by atoms with E-state index in [9.17, 15) is 15.8 Å². The molecule has 4 aromatic carbocycles. The zero-order valence-corrected chi connectivity index (χ0v) is 19.6. The second-order valence-electron chi connectivity index (χ2n) is 8.32. The molecule has 6 heteroatoms. The average molecular weight is 480 g/mol. The first kappa shape index (κ1) is 23.3. The third-order valence-corrected chi connectivity index (χ3v) is 6.47. The molecule has 0 unspecified atom stereocenters. The lowest BCUT2D eigenvalue weighted by atomic mass is 9.92. The lowest BCUT2D eigenvalue weighted by Crippen LogP contribution is -1.91. The van der Waals surface area contributed by atoms with Crippen molar-refractivity contribution in [2.75, 3.05) is 0 Å². The Kier molecular flexibility index (Phi) is 5.71. The Hall–Kier alpha value is -6.44. The van der Waals surface area contributed by atoms with Crippen LogP contribution in [0, 0.1) is 53.7 Å². The molecule has 0 heterocycles. The van der Waals surface area contributed by atoms with Crippen molar-refractivity contribution >= 4 is 16.9 Å². The van der Waals surface area contributed by atoms with Gasteiger partial charge in [-0.1, -0.05) is 48.5 Å². The molecule has 0 saturated heterocycles. The zero-order chi connectivity index (χ0) is 26.8. The van der Waals surface area contributed by atoms with Gasteiger partial charge >= 0.3 is 0 Å². The van der Waals surface area contributed by atoms with Crippen LogP contribution in [-0.2, 0) is 0 Å². The maximum Gasteiger partial charge on any atom is 0.270 e.